The lowest BCUT2D eigenvalue weighted by Gasteiger charge is -2.17. The summed E-state index contributed by atoms with van der Waals surface area (Å²) >= 11 is 0. The summed E-state index contributed by atoms with van der Waals surface area (Å²) in [5, 5.41) is 3.00. The summed E-state index contributed by atoms with van der Waals surface area (Å²) in [4.78, 5) is 19.7. The molecule has 0 aliphatic carbocycles. The highest BCUT2D eigenvalue weighted by Gasteiger charge is 2.24. The fourth-order valence-corrected chi connectivity index (χ4v) is 2.45. The van der Waals surface area contributed by atoms with Crippen molar-refractivity contribution in [2.24, 2.45) is 5.92 Å². The Kier molecular flexibility index (Phi) is 3.49. The van der Waals surface area contributed by atoms with Crippen LogP contribution >= 0.6 is 0 Å². The molecule has 0 spiro atoms. The second-order valence-corrected chi connectivity index (χ2v) is 4.99. The van der Waals surface area contributed by atoms with Crippen LogP contribution in [0.1, 0.15) is 19.8 Å². The first-order chi connectivity index (χ1) is 9.80. The van der Waals surface area contributed by atoms with Gasteiger partial charge in [0, 0.05) is 32.5 Å². The van der Waals surface area contributed by atoms with Crippen LogP contribution in [-0.4, -0.2) is 44.6 Å². The van der Waals surface area contributed by atoms with Crippen molar-refractivity contribution in [1.29, 1.82) is 0 Å². The number of hydrogen-bond donors (Lipinski definition) is 1. The number of nitrogens with one attached hydrogen (secondary N) is 1. The monoisotopic (exact) mass is 273 g/mol. The average molecular weight is 273 g/mol. The number of anilines is 2. The van der Waals surface area contributed by atoms with E-state index in [1.54, 1.807) is 17.1 Å². The van der Waals surface area contributed by atoms with Crippen molar-refractivity contribution in [1.82, 2.24) is 24.5 Å². The molecule has 3 rings (SSSR count). The van der Waals surface area contributed by atoms with Crippen LogP contribution in [-0.2, 0) is 0 Å². The Bertz CT molecular complexity index is 566. The number of rotatable bonds is 4. The minimum atomic E-state index is 0.582. The Labute approximate surface area is 118 Å². The maximum Gasteiger partial charge on any atom is 0.241 e. The van der Waals surface area contributed by atoms with Gasteiger partial charge in [-0.2, -0.15) is 15.0 Å². The van der Waals surface area contributed by atoms with Gasteiger partial charge >= 0.3 is 0 Å². The van der Waals surface area contributed by atoms with Gasteiger partial charge in [-0.25, -0.2) is 4.98 Å². The highest BCUT2D eigenvalue weighted by Crippen LogP contribution is 2.23. The first-order valence-corrected chi connectivity index (χ1v) is 6.97. The van der Waals surface area contributed by atoms with Crippen molar-refractivity contribution < 1.29 is 0 Å². The quantitative estimate of drug-likeness (QED) is 0.906. The van der Waals surface area contributed by atoms with Gasteiger partial charge in [0.2, 0.25) is 17.8 Å². The summed E-state index contributed by atoms with van der Waals surface area (Å²) in [5.41, 5.74) is 0. The summed E-state index contributed by atoms with van der Waals surface area (Å²) in [5.74, 6) is 2.65. The molecule has 0 radical (unpaired) electrons. The molecule has 20 heavy (non-hydrogen) atoms. The summed E-state index contributed by atoms with van der Waals surface area (Å²) in [7, 11) is 1.82. The summed E-state index contributed by atoms with van der Waals surface area (Å²) in [6.07, 6.45) is 7.65. The smallest absolute Gasteiger partial charge is 0.241 e. The summed E-state index contributed by atoms with van der Waals surface area (Å²) < 4.78 is 1.79. The van der Waals surface area contributed by atoms with Gasteiger partial charge in [0.15, 0.2) is 0 Å². The van der Waals surface area contributed by atoms with Crippen molar-refractivity contribution >= 4 is 11.9 Å². The first kappa shape index (κ1) is 12.8. The molecule has 1 fully saturated rings. The zero-order valence-corrected chi connectivity index (χ0v) is 11.8. The molecule has 2 aromatic heterocycles. The van der Waals surface area contributed by atoms with Gasteiger partial charge in [0.25, 0.3) is 0 Å². The highest BCUT2D eigenvalue weighted by atomic mass is 15.3. The Hall–Kier alpha value is -2.18. The van der Waals surface area contributed by atoms with E-state index < -0.39 is 0 Å². The SMILES string of the molecule is CCC1CCN(c2nc(NC)nc(-n3ccnc3)n2)C1. The van der Waals surface area contributed by atoms with Crippen LogP contribution in [0.25, 0.3) is 5.95 Å². The molecule has 106 valence electrons. The Morgan fingerprint density at radius 2 is 2.15 bits per heavy atom. The van der Waals surface area contributed by atoms with Gasteiger partial charge in [-0.05, 0) is 12.3 Å². The van der Waals surface area contributed by atoms with E-state index in [1.165, 1.54) is 12.8 Å². The van der Waals surface area contributed by atoms with E-state index in [-0.39, 0.29) is 0 Å². The molecule has 1 N–H and O–H groups in total. The van der Waals surface area contributed by atoms with Crippen molar-refractivity contribution in [3.05, 3.63) is 18.7 Å². The van der Waals surface area contributed by atoms with Crippen LogP contribution in [0.3, 0.4) is 0 Å². The minimum absolute atomic E-state index is 0.582. The van der Waals surface area contributed by atoms with Crippen molar-refractivity contribution in [2.45, 2.75) is 19.8 Å². The molecule has 1 aliphatic rings. The topological polar surface area (TPSA) is 71.8 Å². The molecule has 0 saturated carbocycles. The largest absolute Gasteiger partial charge is 0.357 e. The molecule has 1 atom stereocenters. The zero-order chi connectivity index (χ0) is 13.9. The Morgan fingerprint density at radius 3 is 2.80 bits per heavy atom. The third-order valence-electron chi connectivity index (χ3n) is 3.72. The van der Waals surface area contributed by atoms with E-state index in [0.717, 1.165) is 25.0 Å². The molecule has 1 unspecified atom stereocenters. The Morgan fingerprint density at radius 1 is 1.30 bits per heavy atom. The van der Waals surface area contributed by atoms with E-state index in [1.807, 2.05) is 13.2 Å². The third-order valence-corrected chi connectivity index (χ3v) is 3.72. The molecule has 0 aromatic carbocycles. The van der Waals surface area contributed by atoms with Gasteiger partial charge in [-0.1, -0.05) is 13.3 Å². The van der Waals surface area contributed by atoms with Crippen LogP contribution in [0.2, 0.25) is 0 Å². The van der Waals surface area contributed by atoms with E-state index in [4.69, 9.17) is 0 Å². The molecule has 0 bridgehead atoms. The standard InChI is InChI=1S/C13H19N7/c1-3-10-4-6-19(8-10)12-16-11(14-2)17-13(18-12)20-7-5-15-9-20/h5,7,9-10H,3-4,6,8H2,1-2H3,(H,14,16,17,18). The van der Waals surface area contributed by atoms with Crippen molar-refractivity contribution in [3.63, 3.8) is 0 Å². The van der Waals surface area contributed by atoms with Crippen LogP contribution in [0.5, 0.6) is 0 Å². The van der Waals surface area contributed by atoms with Crippen molar-refractivity contribution in [2.75, 3.05) is 30.4 Å². The molecular weight excluding hydrogens is 254 g/mol. The molecule has 3 heterocycles. The van der Waals surface area contributed by atoms with Crippen molar-refractivity contribution in [3.8, 4) is 5.95 Å². The molecule has 1 aliphatic heterocycles. The van der Waals surface area contributed by atoms with Gasteiger partial charge < -0.3 is 10.2 Å². The lowest BCUT2D eigenvalue weighted by Crippen LogP contribution is -2.23. The summed E-state index contributed by atoms with van der Waals surface area (Å²) in [6, 6.07) is 0. The molecule has 7 heteroatoms. The number of hydrogen-bond acceptors (Lipinski definition) is 6. The Balaban J connectivity index is 1.93. The first-order valence-electron chi connectivity index (χ1n) is 6.97. The van der Waals surface area contributed by atoms with Crippen LogP contribution in [0, 0.1) is 5.92 Å². The normalized spacial score (nSPS) is 18.5. The number of aromatic nitrogens is 5. The average Bonchev–Trinajstić information content (AvgIpc) is 3.17. The van der Waals surface area contributed by atoms with Crippen LogP contribution in [0.4, 0.5) is 11.9 Å². The molecule has 7 nitrogen and oxygen atoms in total. The maximum absolute atomic E-state index is 4.56. The molecule has 0 amide bonds. The fraction of sp³-hybridized carbons (Fsp3) is 0.538. The second-order valence-electron chi connectivity index (χ2n) is 4.99. The maximum atomic E-state index is 4.56. The summed E-state index contributed by atoms with van der Waals surface area (Å²) in [6.45, 7) is 4.26. The zero-order valence-electron chi connectivity index (χ0n) is 11.8. The predicted octanol–water partition coefficient (Wildman–Crippen LogP) is 1.34. The predicted molar refractivity (Wildman–Crippen MR) is 77.1 cm³/mol. The van der Waals surface area contributed by atoms with Gasteiger partial charge in [0.05, 0.1) is 0 Å². The number of imidazole rings is 1. The fourth-order valence-electron chi connectivity index (χ4n) is 2.45. The number of nitrogens with zero attached hydrogens (tertiary/aromatic N) is 6. The second kappa shape index (κ2) is 5.44. The van der Waals surface area contributed by atoms with Gasteiger partial charge in [-0.3, -0.25) is 4.57 Å². The molecule has 1 saturated heterocycles. The minimum Gasteiger partial charge on any atom is -0.357 e. The van der Waals surface area contributed by atoms with Gasteiger partial charge in [-0.15, -0.1) is 0 Å². The van der Waals surface area contributed by atoms with E-state index in [0.29, 0.717) is 11.9 Å². The van der Waals surface area contributed by atoms with Crippen LogP contribution < -0.4 is 10.2 Å². The molecular formula is C13H19N7. The highest BCUT2D eigenvalue weighted by molar-refractivity contribution is 5.40. The van der Waals surface area contributed by atoms with Gasteiger partial charge in [0.1, 0.15) is 6.33 Å². The van der Waals surface area contributed by atoms with E-state index in [2.05, 4.69) is 37.1 Å². The third kappa shape index (κ3) is 2.43. The van der Waals surface area contributed by atoms with E-state index >= 15 is 0 Å². The van der Waals surface area contributed by atoms with Crippen LogP contribution in [0.15, 0.2) is 18.7 Å². The lowest BCUT2D eigenvalue weighted by atomic mass is 10.1. The van der Waals surface area contributed by atoms with E-state index in [9.17, 15) is 0 Å². The lowest BCUT2D eigenvalue weighted by molar-refractivity contribution is 0.568. The molecule has 2 aromatic rings.